The first-order valence-corrected chi connectivity index (χ1v) is 8.27. The molecular weight excluding hydrogens is 262 g/mol. The van der Waals surface area contributed by atoms with E-state index in [0.29, 0.717) is 11.6 Å². The molecule has 1 aromatic rings. The fourth-order valence-electron chi connectivity index (χ4n) is 2.55. The molecule has 0 aromatic heterocycles. The van der Waals surface area contributed by atoms with E-state index in [-0.39, 0.29) is 0 Å². The molecule has 0 bridgehead atoms. The lowest BCUT2D eigenvalue weighted by Crippen LogP contribution is -2.19. The minimum absolute atomic E-state index is 0.348. The van der Waals surface area contributed by atoms with Gasteiger partial charge in [0.15, 0.2) is 0 Å². The Labute approximate surface area is 128 Å². The van der Waals surface area contributed by atoms with Gasteiger partial charge in [0.2, 0.25) is 0 Å². The molecular formula is C18H29NO2. The summed E-state index contributed by atoms with van der Waals surface area (Å²) in [6.45, 7) is 4.44. The van der Waals surface area contributed by atoms with Gasteiger partial charge in [-0.1, -0.05) is 58.4 Å². The van der Waals surface area contributed by atoms with Gasteiger partial charge in [0.1, 0.15) is 0 Å². The third-order valence-corrected chi connectivity index (χ3v) is 3.79. The van der Waals surface area contributed by atoms with Crippen LogP contribution in [0.4, 0.5) is 5.69 Å². The zero-order valence-corrected chi connectivity index (χ0v) is 13.4. The average Bonchev–Trinajstić information content (AvgIpc) is 2.48. The van der Waals surface area contributed by atoms with E-state index in [2.05, 4.69) is 19.2 Å². The molecule has 3 heteroatoms. The molecule has 0 amide bonds. The van der Waals surface area contributed by atoms with Crippen molar-refractivity contribution in [2.24, 2.45) is 0 Å². The Hall–Kier alpha value is -1.51. The summed E-state index contributed by atoms with van der Waals surface area (Å²) in [5.41, 5.74) is 1.27. The van der Waals surface area contributed by atoms with E-state index in [1.165, 1.54) is 38.5 Å². The second kappa shape index (κ2) is 10.3. The summed E-state index contributed by atoms with van der Waals surface area (Å²) >= 11 is 0. The molecule has 0 heterocycles. The Morgan fingerprint density at radius 2 is 1.71 bits per heavy atom. The fraction of sp³-hybridized carbons (Fsp3) is 0.611. The number of nitrogens with one attached hydrogen (secondary N) is 1. The fourth-order valence-corrected chi connectivity index (χ4v) is 2.55. The van der Waals surface area contributed by atoms with Crippen molar-refractivity contribution in [3.8, 4) is 0 Å². The first-order valence-electron chi connectivity index (χ1n) is 8.27. The number of anilines is 1. The molecule has 0 fully saturated rings. The first kappa shape index (κ1) is 17.5. The summed E-state index contributed by atoms with van der Waals surface area (Å²) in [5, 5.41) is 12.6. The Kier molecular flexibility index (Phi) is 8.56. The van der Waals surface area contributed by atoms with Crippen molar-refractivity contribution in [1.29, 1.82) is 0 Å². The summed E-state index contributed by atoms with van der Waals surface area (Å²) in [6, 6.07) is 7.58. The van der Waals surface area contributed by atoms with Gasteiger partial charge in [-0.25, -0.2) is 4.79 Å². The lowest BCUT2D eigenvalue weighted by Gasteiger charge is -2.20. The quantitative estimate of drug-likeness (QED) is 0.542. The summed E-state index contributed by atoms with van der Waals surface area (Å²) in [6.07, 6.45) is 9.79. The Bertz CT molecular complexity index is 407. The molecule has 2 N–H and O–H groups in total. The highest BCUT2D eigenvalue weighted by atomic mass is 16.4. The molecule has 21 heavy (non-hydrogen) atoms. The minimum atomic E-state index is -0.868. The third-order valence-electron chi connectivity index (χ3n) is 3.79. The van der Waals surface area contributed by atoms with Crippen LogP contribution in [0, 0.1) is 0 Å². The Morgan fingerprint density at radius 3 is 2.24 bits per heavy atom. The van der Waals surface area contributed by atoms with Gasteiger partial charge in [-0.15, -0.1) is 0 Å². The van der Waals surface area contributed by atoms with Crippen molar-refractivity contribution < 1.29 is 9.90 Å². The zero-order chi connectivity index (χ0) is 15.5. The van der Waals surface area contributed by atoms with Crippen molar-refractivity contribution in [2.45, 2.75) is 71.3 Å². The highest BCUT2D eigenvalue weighted by molar-refractivity contribution is 5.88. The molecule has 3 nitrogen and oxygen atoms in total. The highest BCUT2D eigenvalue weighted by Crippen LogP contribution is 2.18. The van der Waals surface area contributed by atoms with Crippen molar-refractivity contribution >= 4 is 11.7 Å². The maximum Gasteiger partial charge on any atom is 0.335 e. The number of carboxylic acids is 1. The second-order valence-corrected chi connectivity index (χ2v) is 5.72. The van der Waals surface area contributed by atoms with Gasteiger partial charge >= 0.3 is 5.97 Å². The monoisotopic (exact) mass is 291 g/mol. The number of aromatic carboxylic acids is 1. The standard InChI is InChI=1S/C18H29NO2/c1-3-5-7-11-16(12-8-6-4-2)19-17-13-9-10-15(14-17)18(20)21/h9-10,13-14,16,19H,3-8,11-12H2,1-2H3,(H,20,21). The molecule has 1 aromatic carbocycles. The Balaban J connectivity index is 2.60. The predicted molar refractivity (Wildman–Crippen MR) is 89.1 cm³/mol. The maximum absolute atomic E-state index is 11.0. The number of hydrogen-bond acceptors (Lipinski definition) is 2. The van der Waals surface area contributed by atoms with Crippen LogP contribution in [0.3, 0.4) is 0 Å². The zero-order valence-electron chi connectivity index (χ0n) is 13.4. The number of hydrogen-bond donors (Lipinski definition) is 2. The van der Waals surface area contributed by atoms with Crippen LogP contribution in [-0.2, 0) is 0 Å². The van der Waals surface area contributed by atoms with Gasteiger partial charge in [0.05, 0.1) is 5.56 Å². The number of benzene rings is 1. The summed E-state index contributed by atoms with van der Waals surface area (Å²) in [7, 11) is 0. The summed E-state index contributed by atoms with van der Waals surface area (Å²) in [5.74, 6) is -0.868. The molecule has 0 atom stereocenters. The lowest BCUT2D eigenvalue weighted by atomic mass is 10.0. The van der Waals surface area contributed by atoms with E-state index >= 15 is 0 Å². The van der Waals surface area contributed by atoms with Crippen molar-refractivity contribution in [1.82, 2.24) is 0 Å². The van der Waals surface area contributed by atoms with Gasteiger partial charge in [0.25, 0.3) is 0 Å². The van der Waals surface area contributed by atoms with E-state index in [4.69, 9.17) is 5.11 Å². The topological polar surface area (TPSA) is 49.3 Å². The van der Waals surface area contributed by atoms with Crippen LogP contribution in [0.5, 0.6) is 0 Å². The molecule has 0 radical (unpaired) electrons. The van der Waals surface area contributed by atoms with Crippen LogP contribution in [0.1, 0.15) is 75.6 Å². The van der Waals surface area contributed by atoms with Crippen LogP contribution in [0.2, 0.25) is 0 Å². The van der Waals surface area contributed by atoms with Gasteiger partial charge in [-0.2, -0.15) is 0 Å². The van der Waals surface area contributed by atoms with E-state index in [0.717, 1.165) is 18.5 Å². The van der Waals surface area contributed by atoms with Crippen LogP contribution < -0.4 is 5.32 Å². The van der Waals surface area contributed by atoms with Crippen molar-refractivity contribution in [2.75, 3.05) is 5.32 Å². The molecule has 118 valence electrons. The van der Waals surface area contributed by atoms with Gasteiger partial charge < -0.3 is 10.4 Å². The highest BCUT2D eigenvalue weighted by Gasteiger charge is 2.10. The first-order chi connectivity index (χ1) is 10.2. The normalized spacial score (nSPS) is 10.8. The molecule has 1 rings (SSSR count). The molecule has 0 aliphatic heterocycles. The molecule has 0 spiro atoms. The van der Waals surface area contributed by atoms with Crippen LogP contribution in [0.25, 0.3) is 0 Å². The van der Waals surface area contributed by atoms with Crippen molar-refractivity contribution in [3.05, 3.63) is 29.8 Å². The minimum Gasteiger partial charge on any atom is -0.478 e. The van der Waals surface area contributed by atoms with E-state index < -0.39 is 5.97 Å². The van der Waals surface area contributed by atoms with E-state index in [1.807, 2.05) is 6.07 Å². The molecule has 0 aliphatic rings. The maximum atomic E-state index is 11.0. The molecule has 0 saturated carbocycles. The summed E-state index contributed by atoms with van der Waals surface area (Å²) in [4.78, 5) is 11.0. The second-order valence-electron chi connectivity index (χ2n) is 5.72. The van der Waals surface area contributed by atoms with Gasteiger partial charge in [-0.05, 0) is 31.0 Å². The number of unbranched alkanes of at least 4 members (excludes halogenated alkanes) is 4. The number of carbonyl (C=O) groups is 1. The Morgan fingerprint density at radius 1 is 1.10 bits per heavy atom. The SMILES string of the molecule is CCCCCC(CCCCC)Nc1cccc(C(=O)O)c1. The molecule has 0 aliphatic carbocycles. The van der Waals surface area contributed by atoms with Crippen LogP contribution >= 0.6 is 0 Å². The largest absolute Gasteiger partial charge is 0.478 e. The number of carboxylic acid groups (broad SMARTS) is 1. The van der Waals surface area contributed by atoms with Crippen molar-refractivity contribution in [3.63, 3.8) is 0 Å². The van der Waals surface area contributed by atoms with E-state index in [9.17, 15) is 4.79 Å². The summed E-state index contributed by atoms with van der Waals surface area (Å²) < 4.78 is 0. The third kappa shape index (κ3) is 7.16. The van der Waals surface area contributed by atoms with Crippen LogP contribution in [-0.4, -0.2) is 17.1 Å². The molecule has 0 saturated heterocycles. The lowest BCUT2D eigenvalue weighted by molar-refractivity contribution is 0.0697. The van der Waals surface area contributed by atoms with Gasteiger partial charge in [-0.3, -0.25) is 0 Å². The van der Waals surface area contributed by atoms with E-state index in [1.54, 1.807) is 18.2 Å². The van der Waals surface area contributed by atoms with Crippen LogP contribution in [0.15, 0.2) is 24.3 Å². The van der Waals surface area contributed by atoms with Gasteiger partial charge in [0, 0.05) is 11.7 Å². The smallest absolute Gasteiger partial charge is 0.335 e. The average molecular weight is 291 g/mol. The number of rotatable bonds is 11. The molecule has 0 unspecified atom stereocenters. The predicted octanol–water partition coefficient (Wildman–Crippen LogP) is 5.33.